The molecule has 1 N–H and O–H groups in total. The predicted molar refractivity (Wildman–Crippen MR) is 150 cm³/mol. The third kappa shape index (κ3) is 27.5. The van der Waals surface area contributed by atoms with Gasteiger partial charge in [0, 0.05) is 12.8 Å². The lowest BCUT2D eigenvalue weighted by Gasteiger charge is -2.12. The number of carbonyl (C=O) groups excluding carboxylic acids is 2. The fraction of sp³-hybridized carbons (Fsp3) is 0.935. The molecule has 0 saturated heterocycles. The van der Waals surface area contributed by atoms with Crippen LogP contribution in [0.1, 0.15) is 162 Å². The Labute approximate surface area is 223 Å². The number of unbranched alkanes of at least 4 members (excludes halogenated alkanes) is 17. The lowest BCUT2D eigenvalue weighted by Crippen LogP contribution is -2.25. The number of aliphatic hydroxyl groups is 1. The van der Waals surface area contributed by atoms with E-state index in [0.717, 1.165) is 38.0 Å². The number of esters is 2. The number of carbonyl (C=O) groups is 2. The molecule has 0 saturated carbocycles. The highest BCUT2D eigenvalue weighted by atomic mass is 16.6. The molecule has 0 spiro atoms. The van der Waals surface area contributed by atoms with Crippen LogP contribution in [0.4, 0.5) is 0 Å². The Balaban J connectivity index is 3.36. The summed E-state index contributed by atoms with van der Waals surface area (Å²) in [7, 11) is 0. The van der Waals surface area contributed by atoms with Gasteiger partial charge in [0.15, 0.2) is 0 Å². The molecule has 0 fully saturated rings. The third-order valence-electron chi connectivity index (χ3n) is 6.77. The monoisotopic (exact) mass is 512 g/mol. The minimum Gasteiger partial charge on any atom is -0.463 e. The van der Waals surface area contributed by atoms with E-state index in [1.807, 2.05) is 0 Å². The second-order valence-electron chi connectivity index (χ2n) is 11.1. The van der Waals surface area contributed by atoms with Crippen LogP contribution in [0.5, 0.6) is 0 Å². The number of hydrogen-bond donors (Lipinski definition) is 1. The van der Waals surface area contributed by atoms with Crippen LogP contribution in [-0.2, 0) is 19.1 Å². The van der Waals surface area contributed by atoms with Gasteiger partial charge in [-0.3, -0.25) is 9.59 Å². The Hall–Kier alpha value is -1.10. The van der Waals surface area contributed by atoms with Crippen LogP contribution in [0.15, 0.2) is 0 Å². The number of ether oxygens (including phenoxy) is 2. The summed E-state index contributed by atoms with van der Waals surface area (Å²) in [6.45, 7) is 6.56. The van der Waals surface area contributed by atoms with Crippen molar-refractivity contribution in [2.24, 2.45) is 5.92 Å². The molecule has 1 atom stereocenters. The Bertz CT molecular complexity index is 491. The summed E-state index contributed by atoms with van der Waals surface area (Å²) in [6, 6.07) is 0. The van der Waals surface area contributed by atoms with Gasteiger partial charge in [0.1, 0.15) is 19.3 Å². The maximum atomic E-state index is 11.8. The molecule has 5 heteroatoms. The highest BCUT2D eigenvalue weighted by molar-refractivity contribution is 5.69. The first-order valence-electron chi connectivity index (χ1n) is 15.4. The van der Waals surface area contributed by atoms with Gasteiger partial charge in [0.25, 0.3) is 0 Å². The van der Waals surface area contributed by atoms with Crippen LogP contribution in [0.25, 0.3) is 0 Å². The Morgan fingerprint density at radius 2 is 0.889 bits per heavy atom. The normalized spacial score (nSPS) is 12.1. The summed E-state index contributed by atoms with van der Waals surface area (Å²) in [4.78, 5) is 23.5. The lowest BCUT2D eigenvalue weighted by molar-refractivity contribution is -0.152. The summed E-state index contributed by atoms with van der Waals surface area (Å²) in [5, 5.41) is 9.85. The molecule has 0 radical (unpaired) electrons. The van der Waals surface area contributed by atoms with Gasteiger partial charge >= 0.3 is 11.9 Å². The van der Waals surface area contributed by atoms with Crippen molar-refractivity contribution in [1.29, 1.82) is 0 Å². The fourth-order valence-corrected chi connectivity index (χ4v) is 4.39. The van der Waals surface area contributed by atoms with E-state index in [-0.39, 0.29) is 25.2 Å². The van der Waals surface area contributed by atoms with Crippen LogP contribution in [-0.4, -0.2) is 36.4 Å². The molecule has 0 rings (SSSR count). The Morgan fingerprint density at radius 3 is 1.25 bits per heavy atom. The van der Waals surface area contributed by atoms with Gasteiger partial charge in [0.2, 0.25) is 0 Å². The fourth-order valence-electron chi connectivity index (χ4n) is 4.39. The molecule has 0 aromatic carbocycles. The summed E-state index contributed by atoms with van der Waals surface area (Å²) >= 11 is 0. The molecule has 0 aliphatic heterocycles. The van der Waals surface area contributed by atoms with Crippen LogP contribution in [0.2, 0.25) is 0 Å². The van der Waals surface area contributed by atoms with Gasteiger partial charge in [0.05, 0.1) is 0 Å². The average molecular weight is 513 g/mol. The van der Waals surface area contributed by atoms with E-state index in [1.54, 1.807) is 0 Å². The largest absolute Gasteiger partial charge is 0.463 e. The van der Waals surface area contributed by atoms with Gasteiger partial charge in [-0.2, -0.15) is 0 Å². The molecule has 0 bridgehead atoms. The molecule has 0 heterocycles. The van der Waals surface area contributed by atoms with E-state index in [4.69, 9.17) is 9.47 Å². The van der Waals surface area contributed by atoms with Gasteiger partial charge in [-0.05, 0) is 18.8 Å². The molecule has 0 aromatic heterocycles. The average Bonchev–Trinajstić information content (AvgIpc) is 2.85. The highest BCUT2D eigenvalue weighted by Gasteiger charge is 2.12. The van der Waals surface area contributed by atoms with Crippen molar-refractivity contribution in [2.45, 2.75) is 168 Å². The highest BCUT2D eigenvalue weighted by Crippen LogP contribution is 2.15. The van der Waals surface area contributed by atoms with Gasteiger partial charge in [-0.15, -0.1) is 0 Å². The number of aliphatic hydroxyl groups excluding tert-OH is 1. The van der Waals surface area contributed by atoms with Gasteiger partial charge in [-0.1, -0.05) is 136 Å². The van der Waals surface area contributed by atoms with Crippen molar-refractivity contribution in [3.8, 4) is 0 Å². The maximum absolute atomic E-state index is 11.8. The topological polar surface area (TPSA) is 72.8 Å². The van der Waals surface area contributed by atoms with E-state index in [9.17, 15) is 14.7 Å². The van der Waals surface area contributed by atoms with Gasteiger partial charge < -0.3 is 14.6 Å². The Morgan fingerprint density at radius 1 is 0.556 bits per heavy atom. The molecule has 5 nitrogen and oxygen atoms in total. The van der Waals surface area contributed by atoms with Crippen molar-refractivity contribution in [3.63, 3.8) is 0 Å². The van der Waals surface area contributed by atoms with E-state index in [1.165, 1.54) is 96.3 Å². The van der Waals surface area contributed by atoms with E-state index in [0.29, 0.717) is 12.8 Å². The van der Waals surface area contributed by atoms with Crippen molar-refractivity contribution in [2.75, 3.05) is 13.2 Å². The SMILES string of the molecule is CCCCCCCC(=O)OC[C@H](O)COC(=O)CCCCCCCCCCCCCCCCC(C)C. The molecular formula is C31H60O5. The van der Waals surface area contributed by atoms with Crippen molar-refractivity contribution >= 4 is 11.9 Å². The first-order valence-corrected chi connectivity index (χ1v) is 15.4. The molecule has 0 amide bonds. The molecule has 0 aliphatic rings. The predicted octanol–water partition coefficient (Wildman–Crippen LogP) is 8.69. The lowest BCUT2D eigenvalue weighted by atomic mass is 10.0. The first-order chi connectivity index (χ1) is 17.5. The summed E-state index contributed by atoms with van der Waals surface area (Å²) in [5.74, 6) is 0.280. The summed E-state index contributed by atoms with van der Waals surface area (Å²) in [6.07, 6.45) is 24.6. The third-order valence-corrected chi connectivity index (χ3v) is 6.77. The summed E-state index contributed by atoms with van der Waals surface area (Å²) < 4.78 is 10.2. The van der Waals surface area contributed by atoms with E-state index >= 15 is 0 Å². The maximum Gasteiger partial charge on any atom is 0.305 e. The van der Waals surface area contributed by atoms with Crippen LogP contribution in [0.3, 0.4) is 0 Å². The first kappa shape index (κ1) is 34.9. The molecule has 36 heavy (non-hydrogen) atoms. The van der Waals surface area contributed by atoms with Crippen LogP contribution >= 0.6 is 0 Å². The molecule has 0 unspecified atom stereocenters. The quantitative estimate of drug-likeness (QED) is 0.0880. The Kier molecular flexibility index (Phi) is 26.1. The molecule has 0 aliphatic carbocycles. The van der Waals surface area contributed by atoms with Gasteiger partial charge in [-0.25, -0.2) is 0 Å². The standard InChI is InChI=1S/C31H60O5/c1-4-5-6-17-21-24-30(33)35-26-29(32)27-36-31(34)25-22-19-16-14-12-10-8-7-9-11-13-15-18-20-23-28(2)3/h28-29,32H,4-27H2,1-3H3/t29-/m0/s1. The van der Waals surface area contributed by atoms with E-state index < -0.39 is 6.10 Å². The minimum atomic E-state index is -0.951. The van der Waals surface area contributed by atoms with Crippen molar-refractivity contribution in [1.82, 2.24) is 0 Å². The second-order valence-corrected chi connectivity index (χ2v) is 11.1. The summed E-state index contributed by atoms with van der Waals surface area (Å²) in [5.41, 5.74) is 0. The van der Waals surface area contributed by atoms with E-state index in [2.05, 4.69) is 20.8 Å². The van der Waals surface area contributed by atoms with Crippen molar-refractivity contribution < 1.29 is 24.2 Å². The number of hydrogen-bond acceptors (Lipinski definition) is 5. The zero-order valence-electron chi connectivity index (χ0n) is 24.2. The van der Waals surface area contributed by atoms with Crippen LogP contribution in [0, 0.1) is 5.92 Å². The zero-order valence-corrected chi connectivity index (χ0v) is 24.2. The smallest absolute Gasteiger partial charge is 0.305 e. The zero-order chi connectivity index (χ0) is 26.7. The van der Waals surface area contributed by atoms with Crippen LogP contribution < -0.4 is 0 Å². The molecule has 214 valence electrons. The molecule has 0 aromatic rings. The minimum absolute atomic E-state index is 0.110. The molecular weight excluding hydrogens is 452 g/mol. The van der Waals surface area contributed by atoms with Crippen molar-refractivity contribution in [3.05, 3.63) is 0 Å². The number of rotatable bonds is 27. The second kappa shape index (κ2) is 26.9.